The number of carboxylic acid groups (broad SMARTS) is 1. The van der Waals surface area contributed by atoms with E-state index in [1.54, 1.807) is 6.92 Å². The second-order valence-electron chi connectivity index (χ2n) is 3.07. The van der Waals surface area contributed by atoms with Gasteiger partial charge in [-0.3, -0.25) is 0 Å². The summed E-state index contributed by atoms with van der Waals surface area (Å²) < 4.78 is 0. The van der Waals surface area contributed by atoms with Crippen molar-refractivity contribution in [2.45, 2.75) is 33.6 Å². The molecule has 1 aromatic rings. The van der Waals surface area contributed by atoms with Crippen LogP contribution in [0.2, 0.25) is 0 Å². The minimum Gasteiger partial charge on any atom is -0.477 e. The Bertz CT molecular complexity index is 361. The molecule has 0 fully saturated rings. The molecule has 0 saturated heterocycles. The fourth-order valence-electron chi connectivity index (χ4n) is 1.32. The molecule has 0 atom stereocenters. The van der Waals surface area contributed by atoms with Crippen molar-refractivity contribution in [3.63, 3.8) is 0 Å². The van der Waals surface area contributed by atoms with E-state index >= 15 is 0 Å². The minimum atomic E-state index is -0.977. The number of carbonyl (C=O) groups is 1. The molecule has 14 heavy (non-hydrogen) atoms. The van der Waals surface area contributed by atoms with Crippen molar-refractivity contribution in [2.75, 3.05) is 0 Å². The average Bonchev–Trinajstić information content (AvgIpc) is 2.17. The molecule has 1 rings (SSSR count). The summed E-state index contributed by atoms with van der Waals surface area (Å²) in [5.41, 5.74) is 1.64. The summed E-state index contributed by atoms with van der Waals surface area (Å²) in [6, 6.07) is 0. The van der Waals surface area contributed by atoms with Crippen LogP contribution >= 0.6 is 0 Å². The summed E-state index contributed by atoms with van der Waals surface area (Å²) in [6.07, 6.45) is 1.40. The lowest BCUT2D eigenvalue weighted by molar-refractivity contribution is 0.0689. The molecule has 0 radical (unpaired) electrons. The van der Waals surface area contributed by atoms with Gasteiger partial charge in [0, 0.05) is 17.7 Å². The Morgan fingerprint density at radius 2 is 1.93 bits per heavy atom. The van der Waals surface area contributed by atoms with Gasteiger partial charge in [-0.25, -0.2) is 14.8 Å². The van der Waals surface area contributed by atoms with Crippen LogP contribution < -0.4 is 0 Å². The molecule has 0 spiro atoms. The normalized spacial score (nSPS) is 10.2. The van der Waals surface area contributed by atoms with Crippen LogP contribution in [0.25, 0.3) is 0 Å². The van der Waals surface area contributed by atoms with Gasteiger partial charge in [0.1, 0.15) is 5.82 Å². The molecular formula is C10H14N2O2. The maximum atomic E-state index is 10.9. The van der Waals surface area contributed by atoms with Gasteiger partial charge < -0.3 is 5.11 Å². The lowest BCUT2D eigenvalue weighted by Crippen LogP contribution is -2.11. The van der Waals surface area contributed by atoms with Crippen LogP contribution in [0, 0.1) is 6.92 Å². The lowest BCUT2D eigenvalue weighted by atomic mass is 10.1. The van der Waals surface area contributed by atoms with Gasteiger partial charge in [-0.1, -0.05) is 13.8 Å². The zero-order valence-electron chi connectivity index (χ0n) is 8.66. The van der Waals surface area contributed by atoms with E-state index < -0.39 is 5.97 Å². The number of nitrogens with zero attached hydrogens (tertiary/aromatic N) is 2. The highest BCUT2D eigenvalue weighted by molar-refractivity contribution is 5.87. The van der Waals surface area contributed by atoms with E-state index in [1.807, 2.05) is 13.8 Å². The third kappa shape index (κ3) is 1.89. The monoisotopic (exact) mass is 194 g/mol. The minimum absolute atomic E-state index is 0.133. The fraction of sp³-hybridized carbons (Fsp3) is 0.500. The van der Waals surface area contributed by atoms with E-state index in [2.05, 4.69) is 9.97 Å². The fourth-order valence-corrected chi connectivity index (χ4v) is 1.32. The smallest absolute Gasteiger partial charge is 0.354 e. The molecule has 0 bridgehead atoms. The highest BCUT2D eigenvalue weighted by Gasteiger charge is 2.14. The van der Waals surface area contributed by atoms with Crippen molar-refractivity contribution in [2.24, 2.45) is 0 Å². The van der Waals surface area contributed by atoms with Gasteiger partial charge in [0.2, 0.25) is 0 Å². The van der Waals surface area contributed by atoms with Crippen LogP contribution in [0.1, 0.15) is 41.4 Å². The molecule has 4 heteroatoms. The SMILES string of the molecule is CCc1nc(CC)c(C)c(C(=O)O)n1. The molecule has 4 nitrogen and oxygen atoms in total. The first-order valence-corrected chi connectivity index (χ1v) is 4.69. The summed E-state index contributed by atoms with van der Waals surface area (Å²) in [5, 5.41) is 8.92. The van der Waals surface area contributed by atoms with E-state index in [0.717, 1.165) is 12.1 Å². The number of rotatable bonds is 3. The number of carboxylic acids is 1. The Morgan fingerprint density at radius 3 is 2.36 bits per heavy atom. The predicted octanol–water partition coefficient (Wildman–Crippen LogP) is 1.61. The summed E-state index contributed by atoms with van der Waals surface area (Å²) >= 11 is 0. The van der Waals surface area contributed by atoms with Crippen LogP contribution in [0.4, 0.5) is 0 Å². The molecule has 0 aliphatic carbocycles. The molecular weight excluding hydrogens is 180 g/mol. The molecule has 1 N–H and O–H groups in total. The molecule has 0 unspecified atom stereocenters. The molecule has 0 saturated carbocycles. The number of aryl methyl sites for hydroxylation is 2. The molecule has 0 aliphatic rings. The molecule has 1 heterocycles. The molecule has 76 valence electrons. The van der Waals surface area contributed by atoms with Crippen molar-refractivity contribution in [1.29, 1.82) is 0 Å². The van der Waals surface area contributed by atoms with E-state index in [-0.39, 0.29) is 5.69 Å². The summed E-state index contributed by atoms with van der Waals surface area (Å²) in [7, 11) is 0. The van der Waals surface area contributed by atoms with E-state index in [0.29, 0.717) is 17.8 Å². The standard InChI is InChI=1S/C10H14N2O2/c1-4-7-6(3)9(10(13)14)12-8(5-2)11-7/h4-5H2,1-3H3,(H,13,14). The van der Waals surface area contributed by atoms with Gasteiger partial charge in [-0.05, 0) is 13.3 Å². The van der Waals surface area contributed by atoms with Crippen LogP contribution in [0.5, 0.6) is 0 Å². The van der Waals surface area contributed by atoms with Gasteiger partial charge >= 0.3 is 5.97 Å². The Labute approximate surface area is 83.0 Å². The average molecular weight is 194 g/mol. The number of aromatic nitrogens is 2. The molecule has 0 amide bonds. The second kappa shape index (κ2) is 4.17. The Morgan fingerprint density at radius 1 is 1.29 bits per heavy atom. The Kier molecular flexibility index (Phi) is 3.17. The Hall–Kier alpha value is -1.45. The topological polar surface area (TPSA) is 63.1 Å². The first-order valence-electron chi connectivity index (χ1n) is 4.69. The Balaban J connectivity index is 3.34. The maximum absolute atomic E-state index is 10.9. The lowest BCUT2D eigenvalue weighted by Gasteiger charge is -2.07. The molecule has 0 aliphatic heterocycles. The van der Waals surface area contributed by atoms with Gasteiger partial charge in [0.15, 0.2) is 5.69 Å². The summed E-state index contributed by atoms with van der Waals surface area (Å²) in [5.74, 6) is -0.376. The summed E-state index contributed by atoms with van der Waals surface area (Å²) in [4.78, 5) is 19.1. The van der Waals surface area contributed by atoms with E-state index in [4.69, 9.17) is 5.11 Å². The van der Waals surface area contributed by atoms with Crippen molar-refractivity contribution in [3.05, 3.63) is 22.8 Å². The molecule has 1 aromatic heterocycles. The highest BCUT2D eigenvalue weighted by atomic mass is 16.4. The predicted molar refractivity (Wildman–Crippen MR) is 52.5 cm³/mol. The van der Waals surface area contributed by atoms with Crippen molar-refractivity contribution >= 4 is 5.97 Å². The first-order chi connectivity index (χ1) is 6.60. The maximum Gasteiger partial charge on any atom is 0.354 e. The van der Waals surface area contributed by atoms with Gasteiger partial charge in [0.25, 0.3) is 0 Å². The van der Waals surface area contributed by atoms with E-state index in [1.165, 1.54) is 0 Å². The first kappa shape index (κ1) is 10.6. The quantitative estimate of drug-likeness (QED) is 0.794. The van der Waals surface area contributed by atoms with Gasteiger partial charge in [-0.2, -0.15) is 0 Å². The van der Waals surface area contributed by atoms with E-state index in [9.17, 15) is 4.79 Å². The molecule has 0 aromatic carbocycles. The third-order valence-electron chi connectivity index (χ3n) is 2.15. The largest absolute Gasteiger partial charge is 0.477 e. The van der Waals surface area contributed by atoms with Crippen LogP contribution in [0.3, 0.4) is 0 Å². The van der Waals surface area contributed by atoms with Crippen molar-refractivity contribution < 1.29 is 9.90 Å². The highest BCUT2D eigenvalue weighted by Crippen LogP contribution is 2.11. The third-order valence-corrected chi connectivity index (χ3v) is 2.15. The van der Waals surface area contributed by atoms with Crippen molar-refractivity contribution in [1.82, 2.24) is 9.97 Å². The number of hydrogen-bond donors (Lipinski definition) is 1. The van der Waals surface area contributed by atoms with Crippen molar-refractivity contribution in [3.8, 4) is 0 Å². The van der Waals surface area contributed by atoms with Crippen LogP contribution in [0.15, 0.2) is 0 Å². The summed E-state index contributed by atoms with van der Waals surface area (Å²) in [6.45, 7) is 5.62. The zero-order chi connectivity index (χ0) is 10.7. The number of hydrogen-bond acceptors (Lipinski definition) is 3. The van der Waals surface area contributed by atoms with Gasteiger partial charge in [0.05, 0.1) is 0 Å². The number of aromatic carboxylic acids is 1. The zero-order valence-corrected chi connectivity index (χ0v) is 8.66. The second-order valence-corrected chi connectivity index (χ2v) is 3.07. The van der Waals surface area contributed by atoms with Crippen LogP contribution in [-0.2, 0) is 12.8 Å². The van der Waals surface area contributed by atoms with Crippen LogP contribution in [-0.4, -0.2) is 21.0 Å². The van der Waals surface area contributed by atoms with Gasteiger partial charge in [-0.15, -0.1) is 0 Å².